The highest BCUT2D eigenvalue weighted by Gasteiger charge is 2.31. The highest BCUT2D eigenvalue weighted by atomic mass is 16.5. The monoisotopic (exact) mass is 224 g/mol. The molecular formula is C12H16O4. The van der Waals surface area contributed by atoms with Crippen LogP contribution >= 0.6 is 0 Å². The summed E-state index contributed by atoms with van der Waals surface area (Å²) in [5, 5.41) is 0. The van der Waals surface area contributed by atoms with Gasteiger partial charge in [0.2, 0.25) is 0 Å². The van der Waals surface area contributed by atoms with Gasteiger partial charge in [0.25, 0.3) is 0 Å². The zero-order valence-electron chi connectivity index (χ0n) is 9.19. The van der Waals surface area contributed by atoms with Crippen LogP contribution in [-0.4, -0.2) is 11.9 Å². The van der Waals surface area contributed by atoms with Gasteiger partial charge in [-0.1, -0.05) is 13.2 Å². The van der Waals surface area contributed by atoms with Crippen molar-refractivity contribution >= 4 is 11.9 Å². The van der Waals surface area contributed by atoms with Crippen molar-refractivity contribution in [3.63, 3.8) is 0 Å². The zero-order chi connectivity index (χ0) is 12.0. The van der Waals surface area contributed by atoms with E-state index in [0.29, 0.717) is 25.7 Å². The second-order valence-corrected chi connectivity index (χ2v) is 3.76. The van der Waals surface area contributed by atoms with Crippen molar-refractivity contribution < 1.29 is 19.1 Å². The molecule has 16 heavy (non-hydrogen) atoms. The van der Waals surface area contributed by atoms with Gasteiger partial charge < -0.3 is 9.47 Å². The summed E-state index contributed by atoms with van der Waals surface area (Å²) in [5.74, 6) is -0.757. The number of carbonyl (C=O) groups is 2. The predicted octanol–water partition coefficient (Wildman–Crippen LogP) is 2.17. The fraction of sp³-hybridized carbons (Fsp3) is 0.500. The van der Waals surface area contributed by atoms with Gasteiger partial charge in [0.15, 0.2) is 0 Å². The fourth-order valence-electron chi connectivity index (χ4n) is 1.92. The van der Waals surface area contributed by atoms with E-state index >= 15 is 0 Å². The normalized spacial score (nSPS) is 24.2. The summed E-state index contributed by atoms with van der Waals surface area (Å²) >= 11 is 0. The highest BCUT2D eigenvalue weighted by molar-refractivity contribution is 5.75. The van der Waals surface area contributed by atoms with Gasteiger partial charge in [0, 0.05) is 0 Å². The summed E-state index contributed by atoms with van der Waals surface area (Å²) in [5.41, 5.74) is 0. The third kappa shape index (κ3) is 3.22. The largest absolute Gasteiger partial charge is 0.435 e. The molecule has 1 rings (SSSR count). The third-order valence-electron chi connectivity index (χ3n) is 2.79. The minimum absolute atomic E-state index is 0.120. The van der Waals surface area contributed by atoms with Crippen LogP contribution in [0.4, 0.5) is 0 Å². The quantitative estimate of drug-likeness (QED) is 0.542. The Morgan fingerprint density at radius 1 is 0.875 bits per heavy atom. The first-order valence-electron chi connectivity index (χ1n) is 5.31. The molecule has 0 unspecified atom stereocenters. The Morgan fingerprint density at radius 3 is 1.44 bits per heavy atom. The first-order chi connectivity index (χ1) is 7.69. The molecule has 1 saturated carbocycles. The third-order valence-corrected chi connectivity index (χ3v) is 2.79. The molecule has 0 aliphatic heterocycles. The summed E-state index contributed by atoms with van der Waals surface area (Å²) in [6.45, 7) is 6.67. The Balaban J connectivity index is 2.38. The van der Waals surface area contributed by atoms with E-state index in [9.17, 15) is 9.59 Å². The molecule has 0 aromatic carbocycles. The lowest BCUT2D eigenvalue weighted by Gasteiger charge is -2.24. The summed E-state index contributed by atoms with van der Waals surface area (Å²) in [7, 11) is 0. The second-order valence-electron chi connectivity index (χ2n) is 3.76. The van der Waals surface area contributed by atoms with Crippen molar-refractivity contribution in [2.24, 2.45) is 11.8 Å². The van der Waals surface area contributed by atoms with Crippen molar-refractivity contribution in [1.82, 2.24) is 0 Å². The molecule has 1 fully saturated rings. The second kappa shape index (κ2) is 6.10. The van der Waals surface area contributed by atoms with Gasteiger partial charge in [0.1, 0.15) is 0 Å². The molecule has 0 atom stereocenters. The predicted molar refractivity (Wildman–Crippen MR) is 58.0 cm³/mol. The van der Waals surface area contributed by atoms with Gasteiger partial charge in [-0.2, -0.15) is 0 Å². The van der Waals surface area contributed by atoms with Crippen molar-refractivity contribution in [1.29, 1.82) is 0 Å². The fourth-order valence-corrected chi connectivity index (χ4v) is 1.92. The number of carbonyl (C=O) groups excluding carboxylic acids is 2. The maximum absolute atomic E-state index is 11.4. The molecular weight excluding hydrogens is 208 g/mol. The van der Waals surface area contributed by atoms with Crippen molar-refractivity contribution in [2.75, 3.05) is 0 Å². The SMILES string of the molecule is C=COC(=O)C1CCC(C(=O)OC=C)CC1. The topological polar surface area (TPSA) is 52.6 Å². The Labute approximate surface area is 94.9 Å². The lowest BCUT2D eigenvalue weighted by Crippen LogP contribution is -2.27. The molecule has 4 nitrogen and oxygen atoms in total. The van der Waals surface area contributed by atoms with Crippen LogP contribution in [0.25, 0.3) is 0 Å². The first kappa shape index (κ1) is 12.5. The van der Waals surface area contributed by atoms with Crippen molar-refractivity contribution in [3.8, 4) is 0 Å². The molecule has 0 N–H and O–H groups in total. The van der Waals surface area contributed by atoms with Crippen LogP contribution in [0.3, 0.4) is 0 Å². The summed E-state index contributed by atoms with van der Waals surface area (Å²) in [4.78, 5) is 22.7. The van der Waals surface area contributed by atoms with Gasteiger partial charge in [-0.25, -0.2) is 0 Å². The molecule has 0 amide bonds. The maximum atomic E-state index is 11.4. The summed E-state index contributed by atoms with van der Waals surface area (Å²) in [6.07, 6.45) is 4.90. The lowest BCUT2D eigenvalue weighted by molar-refractivity contribution is -0.149. The molecule has 1 aliphatic rings. The van der Waals surface area contributed by atoms with E-state index < -0.39 is 0 Å². The van der Waals surface area contributed by atoms with Gasteiger partial charge in [-0.15, -0.1) is 0 Å². The molecule has 0 spiro atoms. The first-order valence-corrected chi connectivity index (χ1v) is 5.31. The van der Waals surface area contributed by atoms with Crippen LogP contribution in [0.15, 0.2) is 25.7 Å². The van der Waals surface area contributed by atoms with Crippen LogP contribution in [0.1, 0.15) is 25.7 Å². The van der Waals surface area contributed by atoms with E-state index in [0.717, 1.165) is 12.5 Å². The number of hydrogen-bond acceptors (Lipinski definition) is 4. The smallest absolute Gasteiger partial charge is 0.313 e. The number of esters is 2. The molecule has 4 heteroatoms. The Hall–Kier alpha value is -1.58. The zero-order valence-corrected chi connectivity index (χ0v) is 9.19. The lowest BCUT2D eigenvalue weighted by atomic mass is 9.82. The highest BCUT2D eigenvalue weighted by Crippen LogP contribution is 2.30. The van der Waals surface area contributed by atoms with Crippen molar-refractivity contribution in [2.45, 2.75) is 25.7 Å². The number of hydrogen-bond donors (Lipinski definition) is 0. The number of rotatable bonds is 4. The van der Waals surface area contributed by atoms with E-state index in [4.69, 9.17) is 9.47 Å². The van der Waals surface area contributed by atoms with Crippen LogP contribution in [-0.2, 0) is 19.1 Å². The molecule has 0 saturated heterocycles. The van der Waals surface area contributed by atoms with Crippen LogP contribution in [0.5, 0.6) is 0 Å². The number of ether oxygens (including phenoxy) is 2. The summed E-state index contributed by atoms with van der Waals surface area (Å²) < 4.78 is 9.43. The van der Waals surface area contributed by atoms with Gasteiger partial charge in [-0.05, 0) is 25.7 Å². The van der Waals surface area contributed by atoms with E-state index in [1.54, 1.807) is 0 Å². The van der Waals surface area contributed by atoms with Crippen LogP contribution in [0, 0.1) is 11.8 Å². The molecule has 1 aliphatic carbocycles. The van der Waals surface area contributed by atoms with Crippen LogP contribution in [0.2, 0.25) is 0 Å². The molecule has 0 aromatic rings. The molecule has 0 aromatic heterocycles. The van der Waals surface area contributed by atoms with Crippen molar-refractivity contribution in [3.05, 3.63) is 25.7 Å². The van der Waals surface area contributed by atoms with Crippen LogP contribution < -0.4 is 0 Å². The maximum Gasteiger partial charge on any atom is 0.313 e. The van der Waals surface area contributed by atoms with Gasteiger partial charge in [0.05, 0.1) is 24.4 Å². The van der Waals surface area contributed by atoms with E-state index in [-0.39, 0.29) is 23.8 Å². The summed E-state index contributed by atoms with van der Waals surface area (Å²) in [6, 6.07) is 0. The van der Waals surface area contributed by atoms with E-state index in [2.05, 4.69) is 13.2 Å². The average Bonchev–Trinajstić information content (AvgIpc) is 2.30. The minimum Gasteiger partial charge on any atom is -0.435 e. The molecule has 0 heterocycles. The Morgan fingerprint density at radius 2 is 1.19 bits per heavy atom. The molecule has 0 radical (unpaired) electrons. The Kier molecular flexibility index (Phi) is 4.76. The van der Waals surface area contributed by atoms with E-state index in [1.807, 2.05) is 0 Å². The average molecular weight is 224 g/mol. The Bertz CT molecular complexity index is 257. The van der Waals surface area contributed by atoms with E-state index in [1.165, 1.54) is 0 Å². The molecule has 0 bridgehead atoms. The van der Waals surface area contributed by atoms with Gasteiger partial charge in [-0.3, -0.25) is 9.59 Å². The minimum atomic E-state index is -0.259. The standard InChI is InChI=1S/C12H16O4/c1-3-15-11(13)9-5-7-10(8-6-9)12(14)16-4-2/h3-4,9-10H,1-2,5-8H2. The molecule has 88 valence electrons. The van der Waals surface area contributed by atoms with Gasteiger partial charge >= 0.3 is 11.9 Å².